The van der Waals surface area contributed by atoms with Crippen molar-refractivity contribution < 1.29 is 14.3 Å². The van der Waals surface area contributed by atoms with Crippen molar-refractivity contribution in [1.29, 1.82) is 0 Å². The molecule has 3 rings (SSSR count). The summed E-state index contributed by atoms with van der Waals surface area (Å²) < 4.78 is 5.17. The number of benzene rings is 1. The number of furan rings is 1. The highest BCUT2D eigenvalue weighted by Crippen LogP contribution is 2.20. The number of aromatic nitrogens is 1. The van der Waals surface area contributed by atoms with E-state index in [-0.39, 0.29) is 11.9 Å². The molecule has 2 aromatic heterocycles. The lowest BCUT2D eigenvalue weighted by Crippen LogP contribution is -2.33. The topological polar surface area (TPSA) is 78.3 Å². The van der Waals surface area contributed by atoms with Crippen molar-refractivity contribution in [2.45, 2.75) is 25.5 Å². The summed E-state index contributed by atoms with van der Waals surface area (Å²) in [6.45, 7) is 1.86. The van der Waals surface area contributed by atoms with E-state index in [2.05, 4.69) is 10.3 Å². The van der Waals surface area contributed by atoms with Gasteiger partial charge in [-0.05, 0) is 37.3 Å². The van der Waals surface area contributed by atoms with Crippen molar-refractivity contribution in [2.24, 2.45) is 0 Å². The molecule has 0 saturated heterocycles. The molecule has 5 nitrogen and oxygen atoms in total. The smallest absolute Gasteiger partial charge is 0.252 e. The monoisotopic (exact) mass is 298 g/mol. The summed E-state index contributed by atoms with van der Waals surface area (Å²) >= 11 is 0. The maximum atomic E-state index is 12.4. The fraction of sp³-hybridized carbons (Fsp3) is 0.235. The summed E-state index contributed by atoms with van der Waals surface area (Å²) in [5, 5.41) is 13.9. The minimum absolute atomic E-state index is 0.149. The minimum atomic E-state index is -0.728. The molecule has 0 fully saturated rings. The van der Waals surface area contributed by atoms with Gasteiger partial charge in [0.1, 0.15) is 11.9 Å². The zero-order valence-electron chi connectivity index (χ0n) is 12.2. The first kappa shape index (κ1) is 14.4. The normalized spacial score (nSPS) is 13.9. The van der Waals surface area contributed by atoms with Gasteiger partial charge in [-0.1, -0.05) is 6.07 Å². The Hall–Kier alpha value is -2.53. The number of H-pyrrole nitrogens is 1. The number of hydrogen-bond acceptors (Lipinski definition) is 3. The fourth-order valence-corrected chi connectivity index (χ4v) is 2.58. The number of carbonyl (C=O) groups is 1. The number of aromatic amines is 1. The van der Waals surface area contributed by atoms with Crippen LogP contribution in [-0.2, 0) is 0 Å². The number of hydrogen-bond donors (Lipinski definition) is 3. The van der Waals surface area contributed by atoms with E-state index in [9.17, 15) is 9.90 Å². The Balaban J connectivity index is 1.67. The lowest BCUT2D eigenvalue weighted by Gasteiger charge is -2.17. The van der Waals surface area contributed by atoms with Gasteiger partial charge in [0.05, 0.1) is 6.26 Å². The average Bonchev–Trinajstić information content (AvgIpc) is 3.17. The Bertz CT molecular complexity index is 761. The van der Waals surface area contributed by atoms with Crippen LogP contribution >= 0.6 is 0 Å². The second kappa shape index (κ2) is 6.07. The van der Waals surface area contributed by atoms with Crippen LogP contribution in [0.1, 0.15) is 35.6 Å². The Morgan fingerprint density at radius 2 is 2.18 bits per heavy atom. The molecule has 0 spiro atoms. The van der Waals surface area contributed by atoms with Gasteiger partial charge in [0.2, 0.25) is 0 Å². The lowest BCUT2D eigenvalue weighted by molar-refractivity contribution is 0.0904. The summed E-state index contributed by atoms with van der Waals surface area (Å²) in [5.74, 6) is 0.359. The van der Waals surface area contributed by atoms with Crippen molar-refractivity contribution in [3.63, 3.8) is 0 Å². The van der Waals surface area contributed by atoms with Crippen LogP contribution in [0.25, 0.3) is 10.9 Å². The van der Waals surface area contributed by atoms with Gasteiger partial charge in [-0.2, -0.15) is 0 Å². The van der Waals surface area contributed by atoms with Crippen molar-refractivity contribution in [1.82, 2.24) is 10.3 Å². The van der Waals surface area contributed by atoms with E-state index in [1.54, 1.807) is 18.2 Å². The molecule has 0 aliphatic heterocycles. The zero-order valence-corrected chi connectivity index (χ0v) is 12.2. The number of aliphatic hydroxyl groups excluding tert-OH is 1. The van der Waals surface area contributed by atoms with E-state index >= 15 is 0 Å². The predicted molar refractivity (Wildman–Crippen MR) is 83.5 cm³/mol. The van der Waals surface area contributed by atoms with Crippen LogP contribution in [0.2, 0.25) is 0 Å². The fourth-order valence-electron chi connectivity index (χ4n) is 2.58. The summed E-state index contributed by atoms with van der Waals surface area (Å²) in [7, 11) is 0. The van der Waals surface area contributed by atoms with E-state index in [1.165, 1.54) is 6.26 Å². The highest BCUT2D eigenvalue weighted by Gasteiger charge is 2.18. The van der Waals surface area contributed by atoms with Gasteiger partial charge in [-0.25, -0.2) is 0 Å². The van der Waals surface area contributed by atoms with Crippen LogP contribution in [-0.4, -0.2) is 22.0 Å². The highest BCUT2D eigenvalue weighted by molar-refractivity contribution is 6.06. The first-order valence-electron chi connectivity index (χ1n) is 7.23. The largest absolute Gasteiger partial charge is 0.467 e. The van der Waals surface area contributed by atoms with Gasteiger partial charge in [0, 0.05) is 35.1 Å². The highest BCUT2D eigenvalue weighted by atomic mass is 16.4. The SMILES string of the molecule is CC(CC(O)c1ccco1)NC(=O)c1cccc2[nH]ccc12. The van der Waals surface area contributed by atoms with Crippen LogP contribution in [0.5, 0.6) is 0 Å². The molecule has 114 valence electrons. The molecule has 3 N–H and O–H groups in total. The Morgan fingerprint density at radius 3 is 2.95 bits per heavy atom. The molecule has 1 amide bonds. The maximum absolute atomic E-state index is 12.4. The van der Waals surface area contributed by atoms with Crippen LogP contribution in [0.4, 0.5) is 0 Å². The predicted octanol–water partition coefficient (Wildman–Crippen LogP) is 3.00. The third kappa shape index (κ3) is 2.89. The van der Waals surface area contributed by atoms with Gasteiger partial charge >= 0.3 is 0 Å². The molecule has 3 aromatic rings. The average molecular weight is 298 g/mol. The molecule has 0 bridgehead atoms. The molecule has 0 aliphatic rings. The van der Waals surface area contributed by atoms with E-state index in [0.717, 1.165) is 10.9 Å². The van der Waals surface area contributed by atoms with E-state index < -0.39 is 6.10 Å². The van der Waals surface area contributed by atoms with Crippen molar-refractivity contribution >= 4 is 16.8 Å². The molecule has 0 saturated carbocycles. The number of carbonyl (C=O) groups excluding carboxylic acids is 1. The van der Waals surface area contributed by atoms with Gasteiger partial charge < -0.3 is 19.8 Å². The first-order chi connectivity index (χ1) is 10.6. The summed E-state index contributed by atoms with van der Waals surface area (Å²) in [6, 6.07) is 10.7. The minimum Gasteiger partial charge on any atom is -0.467 e. The maximum Gasteiger partial charge on any atom is 0.252 e. The van der Waals surface area contributed by atoms with Crippen LogP contribution < -0.4 is 5.32 Å². The Labute approximate surface area is 128 Å². The first-order valence-corrected chi connectivity index (χ1v) is 7.23. The van der Waals surface area contributed by atoms with Crippen LogP contribution in [0.3, 0.4) is 0 Å². The second-order valence-electron chi connectivity index (χ2n) is 5.39. The number of fused-ring (bicyclic) bond motifs is 1. The van der Waals surface area contributed by atoms with E-state index in [0.29, 0.717) is 17.7 Å². The Kier molecular flexibility index (Phi) is 3.98. The lowest BCUT2D eigenvalue weighted by atomic mass is 10.1. The number of nitrogens with one attached hydrogen (secondary N) is 2. The zero-order chi connectivity index (χ0) is 15.5. The van der Waals surface area contributed by atoms with Crippen molar-refractivity contribution in [3.05, 3.63) is 60.2 Å². The molecule has 2 unspecified atom stereocenters. The quantitative estimate of drug-likeness (QED) is 0.677. The second-order valence-corrected chi connectivity index (χ2v) is 5.39. The van der Waals surface area contributed by atoms with Gasteiger partial charge in [-0.3, -0.25) is 4.79 Å². The third-order valence-corrected chi connectivity index (χ3v) is 3.67. The van der Waals surface area contributed by atoms with Crippen LogP contribution in [0, 0.1) is 0 Å². The van der Waals surface area contributed by atoms with Crippen molar-refractivity contribution in [2.75, 3.05) is 0 Å². The van der Waals surface area contributed by atoms with Gasteiger partial charge in [0.25, 0.3) is 5.91 Å². The molecule has 22 heavy (non-hydrogen) atoms. The third-order valence-electron chi connectivity index (χ3n) is 3.67. The summed E-state index contributed by atoms with van der Waals surface area (Å²) in [4.78, 5) is 15.5. The molecule has 0 aliphatic carbocycles. The summed E-state index contributed by atoms with van der Waals surface area (Å²) in [6.07, 6.45) is 3.00. The van der Waals surface area contributed by atoms with E-state index in [1.807, 2.05) is 31.3 Å². The van der Waals surface area contributed by atoms with Gasteiger partial charge in [0.15, 0.2) is 0 Å². The molecule has 5 heteroatoms. The molecule has 2 atom stereocenters. The number of amides is 1. The molecule has 2 heterocycles. The van der Waals surface area contributed by atoms with E-state index in [4.69, 9.17) is 4.42 Å². The van der Waals surface area contributed by atoms with Crippen molar-refractivity contribution in [3.8, 4) is 0 Å². The molecule has 0 radical (unpaired) electrons. The van der Waals surface area contributed by atoms with Gasteiger partial charge in [-0.15, -0.1) is 0 Å². The Morgan fingerprint density at radius 1 is 1.32 bits per heavy atom. The standard InChI is InChI=1S/C17H18N2O3/c1-11(10-15(20)16-6-3-9-22-16)19-17(21)13-4-2-5-14-12(13)7-8-18-14/h2-9,11,15,18,20H,10H2,1H3,(H,19,21). The molecular formula is C17H18N2O3. The summed E-state index contributed by atoms with van der Waals surface area (Å²) in [5.41, 5.74) is 1.55. The molecule has 1 aromatic carbocycles. The number of rotatable bonds is 5. The number of aliphatic hydroxyl groups is 1. The molecular weight excluding hydrogens is 280 g/mol. The van der Waals surface area contributed by atoms with Crippen LogP contribution in [0.15, 0.2) is 53.3 Å².